The highest BCUT2D eigenvalue weighted by molar-refractivity contribution is 8.05. The van der Waals surface area contributed by atoms with Gasteiger partial charge in [-0.15, -0.1) is 0 Å². The lowest BCUT2D eigenvalue weighted by Gasteiger charge is -2.17. The molecule has 0 unspecified atom stereocenters. The fourth-order valence-electron chi connectivity index (χ4n) is 6.36. The van der Waals surface area contributed by atoms with Crippen molar-refractivity contribution in [2.45, 2.75) is 19.8 Å². The lowest BCUT2D eigenvalue weighted by atomic mass is 9.91. The number of hydrogen-bond acceptors (Lipinski definition) is 4. The van der Waals surface area contributed by atoms with Crippen LogP contribution in [0.1, 0.15) is 0 Å². The zero-order valence-corrected chi connectivity index (χ0v) is 25.2. The van der Waals surface area contributed by atoms with Crippen LogP contribution in [0.3, 0.4) is 0 Å². The Labute approximate surface area is 263 Å². The highest BCUT2D eigenvalue weighted by atomic mass is 32.2. The minimum atomic E-state index is 0.975. The predicted octanol–water partition coefficient (Wildman–Crippen LogP) is 11.6. The molecule has 0 N–H and O–H groups in total. The average molecular weight is 597 g/mol. The molecule has 0 saturated carbocycles. The molecule has 0 bridgehead atoms. The third-order valence-corrected chi connectivity index (χ3v) is 10.8. The molecule has 44 heavy (non-hydrogen) atoms. The monoisotopic (exact) mass is 596 g/mol. The van der Waals surface area contributed by atoms with Crippen molar-refractivity contribution in [3.05, 3.63) is 146 Å². The number of fused-ring (bicyclic) bond motifs is 8. The molecule has 7 aromatic carbocycles. The lowest BCUT2D eigenvalue weighted by Crippen LogP contribution is -1.94. The van der Waals surface area contributed by atoms with E-state index in [9.17, 15) is 0 Å². The molecular formula is C40H24N2S2. The van der Waals surface area contributed by atoms with Crippen molar-refractivity contribution in [3.8, 4) is 33.4 Å². The quantitative estimate of drug-likeness (QED) is 0.190. The molecule has 0 radical (unpaired) electrons. The molecule has 0 amide bonds. The Kier molecular flexibility index (Phi) is 6.03. The minimum absolute atomic E-state index is 0.975. The van der Waals surface area contributed by atoms with Crippen LogP contribution in [0.25, 0.3) is 65.7 Å². The molecule has 0 aliphatic carbocycles. The SMILES string of the molecule is c1cc(-c2cccc(-c3ccc4c5ccccc5c5ccccc5c4c3)c2)cc(-c2ccc3c(c2)Sc2nccnc2S3)c1. The van der Waals surface area contributed by atoms with Crippen molar-refractivity contribution in [3.63, 3.8) is 0 Å². The lowest BCUT2D eigenvalue weighted by molar-refractivity contribution is 0.908. The molecule has 2 heterocycles. The highest BCUT2D eigenvalue weighted by Gasteiger charge is 2.19. The van der Waals surface area contributed by atoms with E-state index < -0.39 is 0 Å². The molecule has 0 spiro atoms. The van der Waals surface area contributed by atoms with Crippen molar-refractivity contribution in [1.29, 1.82) is 0 Å². The summed E-state index contributed by atoms with van der Waals surface area (Å²) in [5, 5.41) is 9.74. The normalized spacial score (nSPS) is 12.4. The van der Waals surface area contributed by atoms with Gasteiger partial charge in [-0.3, -0.25) is 0 Å². The number of nitrogens with zero attached hydrogens (tertiary/aromatic N) is 2. The summed E-state index contributed by atoms with van der Waals surface area (Å²) in [6, 6.07) is 48.9. The van der Waals surface area contributed by atoms with Gasteiger partial charge in [0.05, 0.1) is 0 Å². The van der Waals surface area contributed by atoms with Crippen LogP contribution in [0, 0.1) is 0 Å². The summed E-state index contributed by atoms with van der Waals surface area (Å²) in [5.41, 5.74) is 7.26. The summed E-state index contributed by atoms with van der Waals surface area (Å²) in [7, 11) is 0. The van der Waals surface area contributed by atoms with Gasteiger partial charge in [-0.2, -0.15) is 0 Å². The molecule has 9 rings (SSSR count). The van der Waals surface area contributed by atoms with E-state index in [0.717, 1.165) is 10.1 Å². The Morgan fingerprint density at radius 2 is 0.750 bits per heavy atom. The van der Waals surface area contributed by atoms with Crippen LogP contribution in [-0.2, 0) is 0 Å². The van der Waals surface area contributed by atoms with Gasteiger partial charge in [-0.05, 0) is 96.0 Å². The van der Waals surface area contributed by atoms with E-state index in [1.54, 1.807) is 35.9 Å². The second-order valence-corrected chi connectivity index (χ2v) is 13.1. The Morgan fingerprint density at radius 3 is 1.32 bits per heavy atom. The Bertz CT molecular complexity index is 2380. The first-order valence-corrected chi connectivity index (χ1v) is 16.3. The van der Waals surface area contributed by atoms with Crippen LogP contribution in [-0.4, -0.2) is 9.97 Å². The molecule has 0 fully saturated rings. The van der Waals surface area contributed by atoms with Gasteiger partial charge in [0.25, 0.3) is 0 Å². The van der Waals surface area contributed by atoms with Crippen molar-refractivity contribution in [1.82, 2.24) is 9.97 Å². The summed E-state index contributed by atoms with van der Waals surface area (Å²) in [6.07, 6.45) is 3.52. The average Bonchev–Trinajstić information content (AvgIpc) is 3.10. The molecule has 2 nitrogen and oxygen atoms in total. The Morgan fingerprint density at radius 1 is 0.318 bits per heavy atom. The third kappa shape index (κ3) is 4.29. The van der Waals surface area contributed by atoms with E-state index in [-0.39, 0.29) is 0 Å². The van der Waals surface area contributed by atoms with E-state index >= 15 is 0 Å². The smallest absolute Gasteiger partial charge is 0.133 e. The predicted molar refractivity (Wildman–Crippen MR) is 186 cm³/mol. The van der Waals surface area contributed by atoms with Gasteiger partial charge in [-0.25, -0.2) is 9.97 Å². The molecule has 1 aromatic heterocycles. The van der Waals surface area contributed by atoms with Gasteiger partial charge in [0.2, 0.25) is 0 Å². The molecule has 206 valence electrons. The highest BCUT2D eigenvalue weighted by Crippen LogP contribution is 2.47. The number of rotatable bonds is 3. The van der Waals surface area contributed by atoms with Crippen molar-refractivity contribution < 1.29 is 0 Å². The van der Waals surface area contributed by atoms with Crippen LogP contribution >= 0.6 is 23.5 Å². The standard InChI is InChI=1S/C40H24N2S2/c1-2-13-33-31(11-1)32-12-3-4-14-34(32)36-23-29(15-17-35(33)36)27-9-5-7-25(21-27)26-8-6-10-28(22-26)30-16-18-37-38(24-30)44-40-39(43-37)41-19-20-42-40/h1-24H. The van der Waals surface area contributed by atoms with Crippen LogP contribution in [0.4, 0.5) is 0 Å². The van der Waals surface area contributed by atoms with Gasteiger partial charge < -0.3 is 0 Å². The summed E-state index contributed by atoms with van der Waals surface area (Å²) in [4.78, 5) is 11.5. The zero-order valence-electron chi connectivity index (χ0n) is 23.6. The van der Waals surface area contributed by atoms with E-state index in [2.05, 4.69) is 143 Å². The van der Waals surface area contributed by atoms with Crippen LogP contribution in [0.15, 0.2) is 166 Å². The van der Waals surface area contributed by atoms with E-state index in [1.807, 2.05) is 0 Å². The minimum Gasteiger partial charge on any atom is -0.245 e. The zero-order chi connectivity index (χ0) is 29.0. The second kappa shape index (κ2) is 10.4. The summed E-state index contributed by atoms with van der Waals surface area (Å²) < 4.78 is 0. The number of hydrogen-bond donors (Lipinski definition) is 0. The molecule has 8 aromatic rings. The van der Waals surface area contributed by atoms with Crippen molar-refractivity contribution >= 4 is 55.8 Å². The summed E-state index contributed by atoms with van der Waals surface area (Å²) >= 11 is 3.39. The largest absolute Gasteiger partial charge is 0.245 e. The van der Waals surface area contributed by atoms with E-state index in [1.165, 1.54) is 75.5 Å². The van der Waals surface area contributed by atoms with Gasteiger partial charge in [0.15, 0.2) is 0 Å². The Hall–Kier alpha value is -4.90. The first-order valence-electron chi connectivity index (χ1n) is 14.6. The Balaban J connectivity index is 1.10. The van der Waals surface area contributed by atoms with Crippen molar-refractivity contribution in [2.75, 3.05) is 0 Å². The maximum absolute atomic E-state index is 4.53. The van der Waals surface area contributed by atoms with Gasteiger partial charge in [0.1, 0.15) is 10.1 Å². The maximum Gasteiger partial charge on any atom is 0.133 e. The van der Waals surface area contributed by atoms with E-state index in [4.69, 9.17) is 0 Å². The first-order chi connectivity index (χ1) is 21.8. The topological polar surface area (TPSA) is 25.8 Å². The molecule has 1 aliphatic heterocycles. The van der Waals surface area contributed by atoms with Crippen LogP contribution in [0.2, 0.25) is 0 Å². The second-order valence-electron chi connectivity index (χ2n) is 11.0. The third-order valence-electron chi connectivity index (χ3n) is 8.46. The summed E-state index contributed by atoms with van der Waals surface area (Å²) in [6.45, 7) is 0. The maximum atomic E-state index is 4.53. The van der Waals surface area contributed by atoms with Crippen molar-refractivity contribution in [2.24, 2.45) is 0 Å². The van der Waals surface area contributed by atoms with Gasteiger partial charge in [0, 0.05) is 22.2 Å². The number of aromatic nitrogens is 2. The molecule has 0 atom stereocenters. The first kappa shape index (κ1) is 25.6. The molecule has 1 aliphatic rings. The molecule has 4 heteroatoms. The van der Waals surface area contributed by atoms with E-state index in [0.29, 0.717) is 0 Å². The van der Waals surface area contributed by atoms with Gasteiger partial charge >= 0.3 is 0 Å². The molecular weight excluding hydrogens is 573 g/mol. The van der Waals surface area contributed by atoms with Crippen LogP contribution < -0.4 is 0 Å². The fourth-order valence-corrected chi connectivity index (χ4v) is 8.43. The fraction of sp³-hybridized carbons (Fsp3) is 0. The molecule has 0 saturated heterocycles. The number of benzene rings is 7. The van der Waals surface area contributed by atoms with Gasteiger partial charge in [-0.1, -0.05) is 127 Å². The summed E-state index contributed by atoms with van der Waals surface area (Å²) in [5.74, 6) is 0. The van der Waals surface area contributed by atoms with Crippen LogP contribution in [0.5, 0.6) is 0 Å².